The highest BCUT2D eigenvalue weighted by Gasteiger charge is 2.66. The molecule has 0 radical (unpaired) electrons. The molecule has 0 spiro atoms. The topological polar surface area (TPSA) is 567 Å². The lowest BCUT2D eigenvalue weighted by Crippen LogP contribution is -2.60. The van der Waals surface area contributed by atoms with E-state index in [9.17, 15) is 107 Å². The Balaban J connectivity index is 1.97. The first-order chi connectivity index (χ1) is 39.1. The van der Waals surface area contributed by atoms with Gasteiger partial charge in [0, 0.05) is 25.7 Å². The monoisotopic (exact) mass is 1180 g/mol. The van der Waals surface area contributed by atoms with Crippen molar-refractivity contribution in [2.45, 2.75) is 188 Å². The number of carboxylic acid groups (broad SMARTS) is 6. The number of nitrogens with one attached hydrogen (secondary N) is 10. The van der Waals surface area contributed by atoms with Gasteiger partial charge >= 0.3 is 35.8 Å². The molecule has 10 amide bonds. The van der Waals surface area contributed by atoms with Gasteiger partial charge in [0.2, 0.25) is 59.1 Å². The molecule has 2 aliphatic heterocycles. The van der Waals surface area contributed by atoms with Crippen molar-refractivity contribution in [2.75, 3.05) is 13.1 Å². The molecule has 3 aliphatic rings. The van der Waals surface area contributed by atoms with Crippen LogP contribution in [-0.4, -0.2) is 199 Å². The Kier molecular flexibility index (Phi) is 27.6. The minimum Gasteiger partial charge on any atom is -0.481 e. The molecular weight excluding hydrogens is 1110 g/mol. The highest BCUT2D eigenvalue weighted by Crippen LogP contribution is 2.44. The lowest BCUT2D eigenvalue weighted by atomic mass is 10.0. The fraction of sp³-hybridized carbons (Fsp3) is 0.673. The van der Waals surface area contributed by atoms with Gasteiger partial charge in [-0.3, -0.25) is 67.1 Å². The largest absolute Gasteiger partial charge is 0.481 e. The van der Waals surface area contributed by atoms with Gasteiger partial charge in [-0.2, -0.15) is 0 Å². The highest BCUT2D eigenvalue weighted by atomic mass is 16.4. The zero-order valence-corrected chi connectivity index (χ0v) is 45.2. The Bertz CT molecular complexity index is 2460. The predicted octanol–water partition coefficient (Wildman–Crippen LogP) is -5.91. The minimum absolute atomic E-state index is 0.0195. The zero-order chi connectivity index (χ0) is 62.1. The van der Waals surface area contributed by atoms with Gasteiger partial charge in [-0.05, 0) is 96.6 Å². The summed E-state index contributed by atoms with van der Waals surface area (Å²) in [4.78, 5) is 205. The maximum Gasteiger partial charge on any atom is 0.326 e. The fourth-order valence-electron chi connectivity index (χ4n) is 9.05. The molecule has 462 valence electrons. The van der Waals surface area contributed by atoms with E-state index in [1.54, 1.807) is 0 Å². The Hall–Kier alpha value is -8.56. The van der Waals surface area contributed by atoms with E-state index in [0.29, 0.717) is 12.8 Å². The number of rotatable bonds is 40. The number of nitrogens with two attached hydrogens (primary N) is 2. The summed E-state index contributed by atoms with van der Waals surface area (Å²) < 4.78 is 0. The van der Waals surface area contributed by atoms with Gasteiger partial charge in [0.05, 0.1) is 12.3 Å². The summed E-state index contributed by atoms with van der Waals surface area (Å²) in [6.07, 6.45) is -5.12. The maximum absolute atomic E-state index is 14.3. The number of hydrogen-bond donors (Lipinski definition) is 18. The van der Waals surface area contributed by atoms with Crippen LogP contribution in [0.15, 0.2) is 0 Å². The van der Waals surface area contributed by atoms with Crippen molar-refractivity contribution in [3.05, 3.63) is 0 Å². The molecule has 4 unspecified atom stereocenters. The lowest BCUT2D eigenvalue weighted by Gasteiger charge is -2.27. The highest BCUT2D eigenvalue weighted by molar-refractivity contribution is 6.04. The summed E-state index contributed by atoms with van der Waals surface area (Å²) in [6, 6.07) is -14.4. The van der Waals surface area contributed by atoms with Crippen LogP contribution in [0.5, 0.6) is 0 Å². The lowest BCUT2D eigenvalue weighted by molar-refractivity contribution is -0.144. The number of carbonyl (C=O) groups is 16. The summed E-state index contributed by atoms with van der Waals surface area (Å²) in [5.74, 6) is -21.0. The number of amides is 10. The van der Waals surface area contributed by atoms with Gasteiger partial charge in [-0.15, -0.1) is 0 Å². The molecule has 11 atom stereocenters. The van der Waals surface area contributed by atoms with Crippen molar-refractivity contribution < 1.29 is 107 Å². The van der Waals surface area contributed by atoms with Crippen molar-refractivity contribution in [1.29, 1.82) is 0 Å². The minimum atomic E-state index is -2.36. The summed E-state index contributed by atoms with van der Waals surface area (Å²) in [5, 5.41) is 81.4. The average Bonchev–Trinajstić information content (AvgIpc) is 2.04. The summed E-state index contributed by atoms with van der Waals surface area (Å²) >= 11 is 0. The van der Waals surface area contributed by atoms with Gasteiger partial charge in [0.15, 0.2) is 0 Å². The fourth-order valence-corrected chi connectivity index (χ4v) is 9.05. The van der Waals surface area contributed by atoms with Crippen molar-refractivity contribution in [1.82, 2.24) is 53.2 Å². The smallest absolute Gasteiger partial charge is 0.326 e. The molecule has 0 aromatic rings. The first-order valence-electron chi connectivity index (χ1n) is 26.9. The van der Waals surface area contributed by atoms with E-state index in [4.69, 9.17) is 11.5 Å². The third kappa shape index (κ3) is 22.7. The Morgan fingerprint density at radius 2 is 0.819 bits per heavy atom. The first-order valence-corrected chi connectivity index (χ1v) is 26.9. The summed E-state index contributed by atoms with van der Waals surface area (Å²) in [5.41, 5.74) is 8.74. The molecule has 3 rings (SSSR count). The Morgan fingerprint density at radius 3 is 1.18 bits per heavy atom. The van der Waals surface area contributed by atoms with Crippen molar-refractivity contribution in [2.24, 2.45) is 17.4 Å². The van der Waals surface area contributed by atoms with Gasteiger partial charge in [-0.1, -0.05) is 12.8 Å². The van der Waals surface area contributed by atoms with Crippen LogP contribution in [0.3, 0.4) is 0 Å². The van der Waals surface area contributed by atoms with Crippen molar-refractivity contribution in [3.63, 3.8) is 0 Å². The molecule has 3 fully saturated rings. The first kappa shape index (κ1) is 68.7. The van der Waals surface area contributed by atoms with Crippen LogP contribution in [0.2, 0.25) is 0 Å². The Labute approximate surface area is 473 Å². The van der Waals surface area contributed by atoms with Gasteiger partial charge in [-0.25, -0.2) is 9.59 Å². The summed E-state index contributed by atoms with van der Waals surface area (Å²) in [6.45, 7) is 0.319. The van der Waals surface area contributed by atoms with Gasteiger partial charge in [0.25, 0.3) is 0 Å². The third-order valence-corrected chi connectivity index (χ3v) is 13.8. The number of carbonyl (C=O) groups excluding carboxylic acids is 10. The van der Waals surface area contributed by atoms with E-state index in [1.807, 2.05) is 0 Å². The molecule has 34 nitrogen and oxygen atoms in total. The molecule has 83 heavy (non-hydrogen) atoms. The second-order valence-electron chi connectivity index (χ2n) is 20.3. The van der Waals surface area contributed by atoms with Crippen LogP contribution in [0.4, 0.5) is 0 Å². The molecule has 2 saturated heterocycles. The van der Waals surface area contributed by atoms with Crippen molar-refractivity contribution >= 4 is 94.9 Å². The van der Waals surface area contributed by atoms with Gasteiger partial charge < -0.3 is 95.3 Å². The molecule has 0 aromatic carbocycles. The number of aliphatic carboxylic acids is 6. The van der Waals surface area contributed by atoms with E-state index in [0.717, 1.165) is 0 Å². The molecule has 0 bridgehead atoms. The van der Waals surface area contributed by atoms with Crippen LogP contribution in [0.25, 0.3) is 0 Å². The third-order valence-electron chi connectivity index (χ3n) is 13.8. The van der Waals surface area contributed by atoms with Crippen molar-refractivity contribution in [3.8, 4) is 0 Å². The normalized spacial score (nSPS) is 20.3. The van der Waals surface area contributed by atoms with E-state index >= 15 is 0 Å². The number of unbranched alkanes of at least 4 members (excludes halogenated alkanes) is 3. The number of carboxylic acids is 6. The maximum atomic E-state index is 14.3. The van der Waals surface area contributed by atoms with Crippen LogP contribution in [-0.2, 0) is 76.7 Å². The van der Waals surface area contributed by atoms with E-state index in [2.05, 4.69) is 53.2 Å². The van der Waals surface area contributed by atoms with Gasteiger partial charge in [0.1, 0.15) is 59.9 Å². The number of hydrogen-bond acceptors (Lipinski definition) is 18. The SMILES string of the molecule is NCCCC[C@H](NC(=O)C(CCCCC(NC(=O)C1(NC(=O)[C@H](CCC(=O)O)NC(=O)[C@@H]2CCC(=O)N2)CC1C(=O)O)C(=O)N[C@@H](CCCCN)C(=O)O)NC(=O)[C@H](CC(=O)O)NC(=O)[C@H](CCC(=O)O)NC(=O)[C@@H]1CCC(=O)N1)C(=O)O. The van der Waals surface area contributed by atoms with E-state index in [1.165, 1.54) is 0 Å². The predicted molar refractivity (Wildman–Crippen MR) is 278 cm³/mol. The molecular formula is C49H74N12O22. The van der Waals surface area contributed by atoms with E-state index < -0.39 is 212 Å². The van der Waals surface area contributed by atoms with Crippen LogP contribution >= 0.6 is 0 Å². The van der Waals surface area contributed by atoms with Crippen LogP contribution < -0.4 is 64.6 Å². The summed E-state index contributed by atoms with van der Waals surface area (Å²) in [7, 11) is 0. The van der Waals surface area contributed by atoms with Crippen LogP contribution in [0, 0.1) is 5.92 Å². The average molecular weight is 1180 g/mol. The molecule has 1 saturated carbocycles. The molecule has 34 heteroatoms. The second kappa shape index (κ2) is 33.4. The second-order valence-corrected chi connectivity index (χ2v) is 20.3. The zero-order valence-electron chi connectivity index (χ0n) is 45.2. The quantitative estimate of drug-likeness (QED) is 0.0254. The van der Waals surface area contributed by atoms with Crippen LogP contribution in [0.1, 0.15) is 128 Å². The Morgan fingerprint density at radius 1 is 0.458 bits per heavy atom. The molecule has 20 N–H and O–H groups in total. The molecule has 0 aromatic heterocycles. The molecule has 2 heterocycles. The van der Waals surface area contributed by atoms with E-state index in [-0.39, 0.29) is 77.3 Å². The standard InChI is InChI=1S/C49H74N12O22/c50-19-5-3-9-30(46(79)80)57-38(70)24(54-43(75)32(21-37(68)69)59-42(74)28(13-17-35(64)65)55-40(72)26-11-15-33(62)52-26)7-1-2-8-25(39(71)58-31(47(81)82)10-4-6-20-51)60-48(83)49(22-23(49)45(77)78)61-44(76)29(14-18-36(66)67)56-41(73)27-12-16-34(63)53-27/h23-32H,1-22,50-51H2,(H,52,62)(H,53,63)(H,54,75)(H,55,72)(H,56,73)(H,57,70)(H,58,71)(H,59,74)(H,60,83)(H,61,76)(H,64,65)(H,66,67)(H,68,69)(H,77,78)(H,79,80)(H,81,82)/t23?,24?,25?,26-,27-,28-,29-,30-,31-,32-,49?/m0/s1. The molecule has 1 aliphatic carbocycles.